The summed E-state index contributed by atoms with van der Waals surface area (Å²) in [6.07, 6.45) is 0. The van der Waals surface area contributed by atoms with Crippen LogP contribution in [-0.2, 0) is 15.0 Å². The fourth-order valence-electron chi connectivity index (χ4n) is 4.28. The quantitative estimate of drug-likeness (QED) is 0.248. The maximum atomic E-state index is 12.7. The van der Waals surface area contributed by atoms with Gasteiger partial charge in [-0.1, -0.05) is 31.9 Å². The first-order valence-corrected chi connectivity index (χ1v) is 15.5. The second-order valence-electron chi connectivity index (χ2n) is 9.83. The molecule has 3 aromatic rings. The number of carboxylic acids is 1. The molecule has 2 aromatic carbocycles. The van der Waals surface area contributed by atoms with Crippen LogP contribution in [0.3, 0.4) is 0 Å². The van der Waals surface area contributed by atoms with Gasteiger partial charge in [0.25, 0.3) is 16.1 Å². The van der Waals surface area contributed by atoms with Crippen molar-refractivity contribution in [3.63, 3.8) is 0 Å². The van der Waals surface area contributed by atoms with Gasteiger partial charge in [0.1, 0.15) is 12.6 Å². The standard InChI is InChI=1S/C29H30N6O5S2/c1-20(2)27(29(37)38)33-42(39,40)35-16-14-34(15-17-35)24-9-6-21(7-10-24)8-11-26-32-25(19-41-26)22-4-3-5-23(18-22)28(36)31-13-12-30/h3-7,9-10,18-20,27,33H,13-17H2,1-2H3,(H,31,36)(H,37,38). The lowest BCUT2D eigenvalue weighted by Gasteiger charge is -2.36. The van der Waals surface area contributed by atoms with Gasteiger partial charge in [-0.15, -0.1) is 11.3 Å². The first kappa shape index (κ1) is 30.7. The van der Waals surface area contributed by atoms with Gasteiger partial charge in [0.15, 0.2) is 5.01 Å². The molecule has 1 saturated heterocycles. The van der Waals surface area contributed by atoms with E-state index in [1.165, 1.54) is 15.6 Å². The fourth-order valence-corrected chi connectivity index (χ4v) is 6.44. The van der Waals surface area contributed by atoms with Gasteiger partial charge in [0, 0.05) is 53.9 Å². The minimum absolute atomic E-state index is 0.0613. The molecule has 1 unspecified atom stereocenters. The van der Waals surface area contributed by atoms with E-state index in [1.54, 1.807) is 32.0 Å². The molecule has 4 rings (SSSR count). The number of nitrogens with one attached hydrogen (secondary N) is 2. The van der Waals surface area contributed by atoms with Crippen molar-refractivity contribution in [2.24, 2.45) is 5.92 Å². The van der Waals surface area contributed by atoms with Gasteiger partial charge in [0.2, 0.25) is 0 Å². The summed E-state index contributed by atoms with van der Waals surface area (Å²) in [7, 11) is -3.92. The number of rotatable bonds is 9. The Morgan fingerprint density at radius 3 is 2.45 bits per heavy atom. The highest BCUT2D eigenvalue weighted by Crippen LogP contribution is 2.23. The lowest BCUT2D eigenvalue weighted by atomic mass is 10.1. The van der Waals surface area contributed by atoms with Gasteiger partial charge in [0.05, 0.1) is 11.8 Å². The Bertz CT molecular complexity index is 1640. The van der Waals surface area contributed by atoms with E-state index in [9.17, 15) is 23.1 Å². The Kier molecular flexibility index (Phi) is 9.93. The molecule has 0 spiro atoms. The molecule has 0 aliphatic carbocycles. The van der Waals surface area contributed by atoms with E-state index in [2.05, 4.69) is 31.8 Å². The molecule has 0 saturated carbocycles. The average Bonchev–Trinajstić information content (AvgIpc) is 3.47. The minimum Gasteiger partial charge on any atom is -0.480 e. The van der Waals surface area contributed by atoms with Crippen LogP contribution in [0.1, 0.15) is 34.8 Å². The van der Waals surface area contributed by atoms with Crippen LogP contribution in [0.15, 0.2) is 53.9 Å². The first-order valence-electron chi connectivity index (χ1n) is 13.2. The van der Waals surface area contributed by atoms with Gasteiger partial charge in [-0.3, -0.25) is 9.59 Å². The maximum Gasteiger partial charge on any atom is 0.322 e. The van der Waals surface area contributed by atoms with Crippen molar-refractivity contribution in [3.05, 3.63) is 70.0 Å². The Balaban J connectivity index is 1.35. The summed E-state index contributed by atoms with van der Waals surface area (Å²) >= 11 is 1.40. The number of thiazole rings is 1. The normalized spacial score (nSPS) is 14.5. The number of aliphatic carboxylic acids is 1. The zero-order valence-corrected chi connectivity index (χ0v) is 24.7. The summed E-state index contributed by atoms with van der Waals surface area (Å²) < 4.78 is 29.0. The van der Waals surface area contributed by atoms with Crippen LogP contribution >= 0.6 is 11.3 Å². The van der Waals surface area contributed by atoms with E-state index in [0.717, 1.165) is 16.8 Å². The topological polar surface area (TPSA) is 156 Å². The molecule has 42 heavy (non-hydrogen) atoms. The number of nitriles is 1. The molecule has 1 aliphatic heterocycles. The van der Waals surface area contributed by atoms with Gasteiger partial charge < -0.3 is 15.3 Å². The van der Waals surface area contributed by atoms with Crippen LogP contribution in [0.4, 0.5) is 5.69 Å². The van der Waals surface area contributed by atoms with Crippen LogP contribution < -0.4 is 14.9 Å². The molecule has 1 fully saturated rings. The van der Waals surface area contributed by atoms with E-state index >= 15 is 0 Å². The highest BCUT2D eigenvalue weighted by atomic mass is 32.2. The molecule has 1 aliphatic rings. The molecule has 0 bridgehead atoms. The summed E-state index contributed by atoms with van der Waals surface area (Å²) in [6, 6.07) is 15.4. The van der Waals surface area contributed by atoms with Crippen LogP contribution in [0, 0.1) is 29.1 Å². The second kappa shape index (κ2) is 13.6. The van der Waals surface area contributed by atoms with Crippen molar-refractivity contribution in [3.8, 4) is 29.2 Å². The highest BCUT2D eigenvalue weighted by molar-refractivity contribution is 7.87. The van der Waals surface area contributed by atoms with E-state index in [-0.39, 0.29) is 31.5 Å². The number of anilines is 1. The van der Waals surface area contributed by atoms with E-state index in [4.69, 9.17) is 5.26 Å². The molecule has 1 atom stereocenters. The molecule has 1 aromatic heterocycles. The van der Waals surface area contributed by atoms with E-state index in [0.29, 0.717) is 29.4 Å². The van der Waals surface area contributed by atoms with Gasteiger partial charge >= 0.3 is 5.97 Å². The number of carbonyl (C=O) groups excluding carboxylic acids is 1. The number of aromatic nitrogens is 1. The van der Waals surface area contributed by atoms with Crippen molar-refractivity contribution in [1.82, 2.24) is 19.3 Å². The monoisotopic (exact) mass is 606 g/mol. The zero-order chi connectivity index (χ0) is 30.3. The van der Waals surface area contributed by atoms with Crippen LogP contribution in [0.5, 0.6) is 0 Å². The highest BCUT2D eigenvalue weighted by Gasteiger charge is 2.33. The van der Waals surface area contributed by atoms with Crippen molar-refractivity contribution in [2.45, 2.75) is 19.9 Å². The van der Waals surface area contributed by atoms with Crippen molar-refractivity contribution in [1.29, 1.82) is 5.26 Å². The second-order valence-corrected chi connectivity index (χ2v) is 12.4. The largest absolute Gasteiger partial charge is 0.480 e. The van der Waals surface area contributed by atoms with E-state index in [1.807, 2.05) is 41.8 Å². The maximum absolute atomic E-state index is 12.7. The predicted octanol–water partition coefficient (Wildman–Crippen LogP) is 2.53. The van der Waals surface area contributed by atoms with Crippen molar-refractivity contribution in [2.75, 3.05) is 37.6 Å². The molecule has 2 heterocycles. The SMILES string of the molecule is CC(C)C(NS(=O)(=O)N1CCN(c2ccc(C#Cc3nc(-c4cccc(C(=O)NCC#N)c4)cs3)cc2)CC1)C(=O)O. The number of carbonyl (C=O) groups is 2. The lowest BCUT2D eigenvalue weighted by Crippen LogP contribution is -2.55. The number of amides is 1. The van der Waals surface area contributed by atoms with Gasteiger partial charge in [-0.05, 0) is 48.2 Å². The smallest absolute Gasteiger partial charge is 0.322 e. The summed E-state index contributed by atoms with van der Waals surface area (Å²) in [5.74, 6) is 4.28. The molecule has 13 heteroatoms. The number of carboxylic acid groups (broad SMARTS) is 1. The third-order valence-electron chi connectivity index (χ3n) is 6.59. The zero-order valence-electron chi connectivity index (χ0n) is 23.1. The van der Waals surface area contributed by atoms with Gasteiger partial charge in [-0.2, -0.15) is 22.7 Å². The lowest BCUT2D eigenvalue weighted by molar-refractivity contribution is -0.140. The Morgan fingerprint density at radius 1 is 1.10 bits per heavy atom. The van der Waals surface area contributed by atoms with Crippen molar-refractivity contribution < 1.29 is 23.1 Å². The van der Waals surface area contributed by atoms with Crippen LogP contribution in [0.2, 0.25) is 0 Å². The number of piperazine rings is 1. The predicted molar refractivity (Wildman–Crippen MR) is 160 cm³/mol. The molecule has 1 amide bonds. The summed E-state index contributed by atoms with van der Waals surface area (Å²) in [5.41, 5.74) is 3.66. The summed E-state index contributed by atoms with van der Waals surface area (Å²) in [4.78, 5) is 30.2. The number of nitrogens with zero attached hydrogens (tertiary/aromatic N) is 4. The molecular formula is C29H30N6O5S2. The van der Waals surface area contributed by atoms with Crippen LogP contribution in [-0.4, -0.2) is 73.5 Å². The minimum atomic E-state index is -3.92. The first-order chi connectivity index (χ1) is 20.1. The van der Waals surface area contributed by atoms with Gasteiger partial charge in [-0.25, -0.2) is 4.98 Å². The average molecular weight is 607 g/mol. The third-order valence-corrected chi connectivity index (χ3v) is 8.94. The number of benzene rings is 2. The van der Waals surface area contributed by atoms with E-state index < -0.39 is 22.2 Å². The number of hydrogen-bond donors (Lipinski definition) is 3. The fraction of sp³-hybridized carbons (Fsp3) is 0.310. The molecule has 3 N–H and O–H groups in total. The third kappa shape index (κ3) is 7.72. The van der Waals surface area contributed by atoms with Crippen molar-refractivity contribution >= 4 is 39.1 Å². The van der Waals surface area contributed by atoms with Crippen LogP contribution in [0.25, 0.3) is 11.3 Å². The molecular weight excluding hydrogens is 576 g/mol. The molecule has 11 nitrogen and oxygen atoms in total. The molecule has 0 radical (unpaired) electrons. The summed E-state index contributed by atoms with van der Waals surface area (Å²) in [5, 5.41) is 23.0. The molecule has 218 valence electrons. The Morgan fingerprint density at radius 2 is 1.81 bits per heavy atom. The Labute approximate surface area is 249 Å². The summed E-state index contributed by atoms with van der Waals surface area (Å²) in [6.45, 7) is 4.66. The Hall–Kier alpha value is -4.27. The number of hydrogen-bond acceptors (Lipinski definition) is 8.